The normalized spacial score (nSPS) is 14.4. The van der Waals surface area contributed by atoms with Crippen molar-refractivity contribution in [3.63, 3.8) is 0 Å². The van der Waals surface area contributed by atoms with Gasteiger partial charge < -0.3 is 5.32 Å². The number of hydrogen-bond acceptors (Lipinski definition) is 1. The van der Waals surface area contributed by atoms with Crippen LogP contribution < -0.4 is 5.32 Å². The molecule has 0 spiro atoms. The van der Waals surface area contributed by atoms with Crippen LogP contribution in [0.2, 0.25) is 0 Å². The van der Waals surface area contributed by atoms with Gasteiger partial charge in [0.05, 0.1) is 0 Å². The van der Waals surface area contributed by atoms with E-state index < -0.39 is 0 Å². The van der Waals surface area contributed by atoms with Crippen LogP contribution in [0.25, 0.3) is 0 Å². The monoisotopic (exact) mass is 205 g/mol. The third-order valence-corrected chi connectivity index (χ3v) is 2.11. The minimum Gasteiger partial charge on any atom is -0.316 e. The Kier molecular flexibility index (Phi) is 6.92. The zero-order chi connectivity index (χ0) is 10.3. The first-order chi connectivity index (χ1) is 6.17. The number of allylic oxidation sites excluding steroid dienone is 2. The van der Waals surface area contributed by atoms with Gasteiger partial charge in [-0.3, -0.25) is 0 Å². The molecular weight excluding hydrogens is 189 g/mol. The molecule has 0 bridgehead atoms. The van der Waals surface area contributed by atoms with E-state index >= 15 is 0 Å². The minimum atomic E-state index is -0.229. The molecule has 0 aromatic heterocycles. The van der Waals surface area contributed by atoms with E-state index in [4.69, 9.17) is 11.6 Å². The molecule has 0 fully saturated rings. The third kappa shape index (κ3) is 4.44. The van der Waals surface area contributed by atoms with Crippen molar-refractivity contribution in [1.82, 2.24) is 5.32 Å². The second kappa shape index (κ2) is 7.10. The first kappa shape index (κ1) is 12.7. The number of rotatable bonds is 5. The fourth-order valence-electron chi connectivity index (χ4n) is 1.03. The van der Waals surface area contributed by atoms with Crippen molar-refractivity contribution in [2.75, 3.05) is 13.6 Å². The molecule has 3 heteroatoms. The van der Waals surface area contributed by atoms with E-state index in [1.54, 1.807) is 14.0 Å². The summed E-state index contributed by atoms with van der Waals surface area (Å²) in [6.45, 7) is 4.17. The number of halogens is 2. The van der Waals surface area contributed by atoms with Gasteiger partial charge in [-0.25, -0.2) is 4.39 Å². The highest BCUT2D eigenvalue weighted by Gasteiger charge is 2.07. The molecule has 0 amide bonds. The zero-order valence-electron chi connectivity index (χ0n) is 8.45. The van der Waals surface area contributed by atoms with Gasteiger partial charge in [0.15, 0.2) is 0 Å². The molecule has 13 heavy (non-hydrogen) atoms. The average Bonchev–Trinajstić information content (AvgIpc) is 2.13. The molecule has 0 aliphatic rings. The number of hydrogen-bond donors (Lipinski definition) is 1. The summed E-state index contributed by atoms with van der Waals surface area (Å²) in [7, 11) is 1.78. The molecule has 0 radical (unpaired) electrons. The summed E-state index contributed by atoms with van der Waals surface area (Å²) in [6.07, 6.45) is 3.10. The molecular formula is C10H17ClFN. The molecule has 1 nitrogen and oxygen atoms in total. The van der Waals surface area contributed by atoms with E-state index in [-0.39, 0.29) is 5.83 Å². The Balaban J connectivity index is 4.65. The van der Waals surface area contributed by atoms with Crippen molar-refractivity contribution < 1.29 is 4.39 Å². The second-order valence-electron chi connectivity index (χ2n) is 2.80. The molecule has 0 heterocycles. The summed E-state index contributed by atoms with van der Waals surface area (Å²) >= 11 is 5.96. The minimum absolute atomic E-state index is 0.229. The van der Waals surface area contributed by atoms with Crippen LogP contribution in [0, 0.1) is 0 Å². The maximum Gasteiger partial charge on any atom is 0.124 e. The van der Waals surface area contributed by atoms with Gasteiger partial charge in [0.1, 0.15) is 5.83 Å². The van der Waals surface area contributed by atoms with Crippen molar-refractivity contribution in [1.29, 1.82) is 0 Å². The van der Waals surface area contributed by atoms with Gasteiger partial charge in [0.25, 0.3) is 0 Å². The second-order valence-corrected chi connectivity index (χ2v) is 3.26. The molecule has 0 aromatic rings. The molecule has 0 aliphatic carbocycles. The summed E-state index contributed by atoms with van der Waals surface area (Å²) in [5, 5.41) is 3.52. The van der Waals surface area contributed by atoms with E-state index in [2.05, 4.69) is 5.32 Å². The van der Waals surface area contributed by atoms with Gasteiger partial charge in [0, 0.05) is 17.2 Å². The van der Waals surface area contributed by atoms with Crippen molar-refractivity contribution in [3.8, 4) is 0 Å². The average molecular weight is 206 g/mol. The first-order valence-corrected chi connectivity index (χ1v) is 4.89. The molecule has 76 valence electrons. The molecule has 1 N–H and O–H groups in total. The van der Waals surface area contributed by atoms with Gasteiger partial charge in [-0.15, -0.1) is 0 Å². The summed E-state index contributed by atoms with van der Waals surface area (Å²) in [5.41, 5.74) is 0.577. The number of likely N-dealkylation sites (N-methyl/N-ethyl adjacent to an activating group) is 1. The SMILES string of the molecule is C/C=C(F)\C(CNC)=C(\Cl)CCC. The number of nitrogens with one attached hydrogen (secondary N) is 1. The lowest BCUT2D eigenvalue weighted by Gasteiger charge is -2.07. The van der Waals surface area contributed by atoms with Crippen molar-refractivity contribution >= 4 is 11.6 Å². The van der Waals surface area contributed by atoms with E-state index in [1.807, 2.05) is 6.92 Å². The molecule has 0 unspecified atom stereocenters. The van der Waals surface area contributed by atoms with Crippen molar-refractivity contribution in [2.45, 2.75) is 26.7 Å². The highest BCUT2D eigenvalue weighted by molar-refractivity contribution is 6.30. The Morgan fingerprint density at radius 2 is 2.15 bits per heavy atom. The summed E-state index contributed by atoms with van der Waals surface area (Å²) in [6, 6.07) is 0. The van der Waals surface area contributed by atoms with Gasteiger partial charge in [-0.05, 0) is 20.4 Å². The van der Waals surface area contributed by atoms with Crippen LogP contribution in [0.15, 0.2) is 22.5 Å². The predicted octanol–water partition coefficient (Wildman–Crippen LogP) is 3.37. The lowest BCUT2D eigenvalue weighted by Crippen LogP contribution is -2.12. The molecule has 0 saturated heterocycles. The highest BCUT2D eigenvalue weighted by Crippen LogP contribution is 2.22. The van der Waals surface area contributed by atoms with Crippen LogP contribution in [0.4, 0.5) is 4.39 Å². The van der Waals surface area contributed by atoms with Gasteiger partial charge in [-0.1, -0.05) is 31.0 Å². The highest BCUT2D eigenvalue weighted by atomic mass is 35.5. The Hall–Kier alpha value is -0.340. The third-order valence-electron chi connectivity index (χ3n) is 1.69. The summed E-state index contributed by atoms with van der Waals surface area (Å²) in [5.74, 6) is -0.229. The maximum atomic E-state index is 13.2. The van der Waals surface area contributed by atoms with E-state index in [1.165, 1.54) is 6.08 Å². The maximum absolute atomic E-state index is 13.2. The Morgan fingerprint density at radius 1 is 1.54 bits per heavy atom. The molecule has 0 saturated carbocycles. The van der Waals surface area contributed by atoms with Gasteiger partial charge in [-0.2, -0.15) is 0 Å². The smallest absolute Gasteiger partial charge is 0.124 e. The fraction of sp³-hybridized carbons (Fsp3) is 0.600. The van der Waals surface area contributed by atoms with Crippen LogP contribution in [-0.4, -0.2) is 13.6 Å². The summed E-state index contributed by atoms with van der Waals surface area (Å²) in [4.78, 5) is 0. The fourth-order valence-corrected chi connectivity index (χ4v) is 1.38. The largest absolute Gasteiger partial charge is 0.316 e. The summed E-state index contributed by atoms with van der Waals surface area (Å²) < 4.78 is 13.2. The molecule has 0 aromatic carbocycles. The Morgan fingerprint density at radius 3 is 2.54 bits per heavy atom. The molecule has 0 atom stereocenters. The zero-order valence-corrected chi connectivity index (χ0v) is 9.21. The quantitative estimate of drug-likeness (QED) is 0.679. The van der Waals surface area contributed by atoms with Gasteiger partial charge >= 0.3 is 0 Å². The van der Waals surface area contributed by atoms with Crippen LogP contribution >= 0.6 is 11.6 Å². The van der Waals surface area contributed by atoms with Gasteiger partial charge in [0.2, 0.25) is 0 Å². The van der Waals surface area contributed by atoms with Crippen LogP contribution in [-0.2, 0) is 0 Å². The Labute approximate surface area is 84.7 Å². The van der Waals surface area contributed by atoms with E-state index in [0.29, 0.717) is 17.2 Å². The lowest BCUT2D eigenvalue weighted by atomic mass is 10.1. The standard InChI is InChI=1S/C10H17ClFN/c1-4-6-9(11)8(7-13-3)10(12)5-2/h5,13H,4,6-7H2,1-3H3/b9-8+,10-5+. The molecule has 0 rings (SSSR count). The topological polar surface area (TPSA) is 12.0 Å². The van der Waals surface area contributed by atoms with Crippen molar-refractivity contribution in [3.05, 3.63) is 22.5 Å². The predicted molar refractivity (Wildman–Crippen MR) is 56.6 cm³/mol. The van der Waals surface area contributed by atoms with Crippen LogP contribution in [0.1, 0.15) is 26.7 Å². The molecule has 0 aliphatic heterocycles. The lowest BCUT2D eigenvalue weighted by molar-refractivity contribution is 0.632. The van der Waals surface area contributed by atoms with Crippen LogP contribution in [0.5, 0.6) is 0 Å². The first-order valence-electron chi connectivity index (χ1n) is 4.51. The van der Waals surface area contributed by atoms with E-state index in [0.717, 1.165) is 12.8 Å². The Bertz CT molecular complexity index is 209. The van der Waals surface area contributed by atoms with Crippen LogP contribution in [0.3, 0.4) is 0 Å². The van der Waals surface area contributed by atoms with E-state index in [9.17, 15) is 4.39 Å². The van der Waals surface area contributed by atoms with Crippen molar-refractivity contribution in [2.24, 2.45) is 0 Å².